The number of carbonyl (C=O) groups excluding carboxylic acids is 1. The molecule has 1 aromatic heterocycles. The summed E-state index contributed by atoms with van der Waals surface area (Å²) in [6, 6.07) is 1.54. The molecular formula is C7H7ClN2O4S2. The Bertz CT molecular complexity index is 570. The van der Waals surface area contributed by atoms with E-state index in [1.54, 1.807) is 6.07 Å². The molecule has 9 heteroatoms. The van der Waals surface area contributed by atoms with Crippen molar-refractivity contribution in [3.8, 4) is 6.07 Å². The molecule has 0 fully saturated rings. The van der Waals surface area contributed by atoms with Crippen LogP contribution in [-0.2, 0) is 10.1 Å². The molecule has 0 saturated heterocycles. The molecule has 0 spiro atoms. The van der Waals surface area contributed by atoms with Gasteiger partial charge in [0.05, 0.1) is 11.1 Å². The van der Waals surface area contributed by atoms with Crippen LogP contribution in [-0.4, -0.2) is 18.9 Å². The van der Waals surface area contributed by atoms with E-state index in [1.807, 2.05) is 0 Å². The van der Waals surface area contributed by atoms with Crippen molar-refractivity contribution in [3.63, 3.8) is 0 Å². The maximum Gasteiger partial charge on any atom is 0.305 e. The van der Waals surface area contributed by atoms with Crippen LogP contribution in [0, 0.1) is 18.3 Å². The Balaban J connectivity index is 0.00000225. The number of hydrogen-bond donors (Lipinski definition) is 2. The lowest BCUT2D eigenvalue weighted by atomic mass is 10.1. The number of carbonyl (C=O) groups is 1. The fourth-order valence-corrected chi connectivity index (χ4v) is 3.13. The molecule has 0 aliphatic heterocycles. The van der Waals surface area contributed by atoms with Crippen LogP contribution < -0.4 is 5.73 Å². The number of primary amides is 1. The van der Waals surface area contributed by atoms with E-state index in [1.165, 1.54) is 6.92 Å². The second kappa shape index (κ2) is 4.80. The van der Waals surface area contributed by atoms with Crippen molar-refractivity contribution in [3.05, 3.63) is 16.0 Å². The summed E-state index contributed by atoms with van der Waals surface area (Å²) in [6.45, 7) is 1.44. The topological polar surface area (TPSA) is 121 Å². The van der Waals surface area contributed by atoms with Crippen LogP contribution in [0.25, 0.3) is 0 Å². The Morgan fingerprint density at radius 1 is 1.56 bits per heavy atom. The predicted molar refractivity (Wildman–Crippen MR) is 59.4 cm³/mol. The molecule has 3 N–H and O–H groups in total. The largest absolute Gasteiger partial charge is 0.366 e. The Hall–Kier alpha value is -1.14. The van der Waals surface area contributed by atoms with Crippen LogP contribution >= 0.6 is 23.7 Å². The third-order valence-electron chi connectivity index (χ3n) is 1.64. The van der Waals surface area contributed by atoms with Gasteiger partial charge in [0.15, 0.2) is 4.21 Å². The first-order chi connectivity index (χ1) is 6.79. The highest BCUT2D eigenvalue weighted by Crippen LogP contribution is 2.30. The second-order valence-electron chi connectivity index (χ2n) is 2.65. The highest BCUT2D eigenvalue weighted by atomic mass is 35.5. The molecule has 0 aliphatic carbocycles. The van der Waals surface area contributed by atoms with E-state index in [9.17, 15) is 13.2 Å². The van der Waals surface area contributed by atoms with E-state index >= 15 is 0 Å². The van der Waals surface area contributed by atoms with Crippen molar-refractivity contribution in [1.82, 2.24) is 0 Å². The summed E-state index contributed by atoms with van der Waals surface area (Å²) in [7, 11) is -4.49. The molecule has 0 aliphatic rings. The maximum absolute atomic E-state index is 10.9. The molecule has 0 saturated carbocycles. The van der Waals surface area contributed by atoms with E-state index in [-0.39, 0.29) is 22.8 Å². The minimum Gasteiger partial charge on any atom is -0.366 e. The molecule has 16 heavy (non-hydrogen) atoms. The summed E-state index contributed by atoms with van der Waals surface area (Å²) in [5.41, 5.74) is 4.43. The van der Waals surface area contributed by atoms with Crippen molar-refractivity contribution < 1.29 is 17.8 Å². The standard InChI is InChI=1S/C7H6N2O4S2.ClH/c1-3-5(6(9)10)4(2-8)7(14-3)15(11,12)13;/h1H3,(H2,9,10)(H,11,12,13);1H. The first-order valence-electron chi connectivity index (χ1n) is 3.59. The van der Waals surface area contributed by atoms with Gasteiger partial charge >= 0.3 is 10.1 Å². The molecule has 1 rings (SSSR count). The number of rotatable bonds is 2. The summed E-state index contributed by atoms with van der Waals surface area (Å²) < 4.78 is 30.0. The number of aryl methyl sites for hydroxylation is 1. The molecule has 0 atom stereocenters. The highest BCUT2D eigenvalue weighted by molar-refractivity contribution is 7.88. The van der Waals surface area contributed by atoms with Crippen molar-refractivity contribution >= 4 is 39.8 Å². The summed E-state index contributed by atoms with van der Waals surface area (Å²) in [6.07, 6.45) is 0. The van der Waals surface area contributed by atoms with E-state index in [0.29, 0.717) is 11.3 Å². The predicted octanol–water partition coefficient (Wildman–Crippen LogP) is 0.696. The van der Waals surface area contributed by atoms with E-state index in [0.717, 1.165) is 0 Å². The smallest absolute Gasteiger partial charge is 0.305 e. The Labute approximate surface area is 102 Å². The minimum absolute atomic E-state index is 0. The Kier molecular flexibility index (Phi) is 4.45. The van der Waals surface area contributed by atoms with Gasteiger partial charge in [-0.25, -0.2) is 0 Å². The Morgan fingerprint density at radius 3 is 2.38 bits per heavy atom. The lowest BCUT2D eigenvalue weighted by molar-refractivity contribution is 0.1000. The number of nitrogens with zero attached hydrogens (tertiary/aromatic N) is 1. The van der Waals surface area contributed by atoms with Crippen LogP contribution in [0.2, 0.25) is 0 Å². The summed E-state index contributed by atoms with van der Waals surface area (Å²) in [5.74, 6) is -0.893. The van der Waals surface area contributed by atoms with Gasteiger partial charge in [-0.15, -0.1) is 23.7 Å². The zero-order valence-corrected chi connectivity index (χ0v) is 10.4. The second-order valence-corrected chi connectivity index (χ2v) is 5.49. The number of hydrogen-bond acceptors (Lipinski definition) is 5. The van der Waals surface area contributed by atoms with E-state index in [2.05, 4.69) is 0 Å². The van der Waals surface area contributed by atoms with Crippen molar-refractivity contribution in [2.24, 2.45) is 5.73 Å². The summed E-state index contributed by atoms with van der Waals surface area (Å²) in [4.78, 5) is 11.2. The van der Waals surface area contributed by atoms with Crippen molar-refractivity contribution in [2.45, 2.75) is 11.1 Å². The lowest BCUT2D eigenvalue weighted by Gasteiger charge is -1.93. The molecule has 6 nitrogen and oxygen atoms in total. The number of nitrogens with two attached hydrogens (primary N) is 1. The average Bonchev–Trinajstić information content (AvgIpc) is 2.41. The van der Waals surface area contributed by atoms with Gasteiger partial charge in [0.25, 0.3) is 5.91 Å². The molecule has 0 radical (unpaired) electrons. The third-order valence-corrected chi connectivity index (χ3v) is 4.10. The van der Waals surface area contributed by atoms with Gasteiger partial charge in [0.2, 0.25) is 0 Å². The molecule has 0 aromatic carbocycles. The lowest BCUT2D eigenvalue weighted by Crippen LogP contribution is -2.13. The number of halogens is 1. The monoisotopic (exact) mass is 282 g/mol. The average molecular weight is 283 g/mol. The number of amides is 1. The zero-order chi connectivity index (χ0) is 11.8. The van der Waals surface area contributed by atoms with Gasteiger partial charge in [-0.2, -0.15) is 13.7 Å². The van der Waals surface area contributed by atoms with Gasteiger partial charge in [0, 0.05) is 4.88 Å². The highest BCUT2D eigenvalue weighted by Gasteiger charge is 2.26. The summed E-state index contributed by atoms with van der Waals surface area (Å²) in [5, 5.41) is 8.70. The van der Waals surface area contributed by atoms with Gasteiger partial charge in [-0.05, 0) is 6.92 Å². The normalized spacial score (nSPS) is 10.3. The summed E-state index contributed by atoms with van der Waals surface area (Å²) >= 11 is 0.640. The van der Waals surface area contributed by atoms with E-state index < -0.39 is 25.8 Å². The van der Waals surface area contributed by atoms with Crippen LogP contribution in [0.3, 0.4) is 0 Å². The zero-order valence-electron chi connectivity index (χ0n) is 7.92. The van der Waals surface area contributed by atoms with Crippen molar-refractivity contribution in [2.75, 3.05) is 0 Å². The van der Waals surface area contributed by atoms with Crippen LogP contribution in [0.15, 0.2) is 4.21 Å². The van der Waals surface area contributed by atoms with Gasteiger partial charge in [-0.1, -0.05) is 0 Å². The molecule has 0 unspecified atom stereocenters. The van der Waals surface area contributed by atoms with Gasteiger partial charge in [0.1, 0.15) is 6.07 Å². The molecule has 1 heterocycles. The first kappa shape index (κ1) is 14.9. The van der Waals surface area contributed by atoms with Crippen LogP contribution in [0.1, 0.15) is 20.8 Å². The molecule has 88 valence electrons. The molecule has 0 bridgehead atoms. The minimum atomic E-state index is -4.49. The molecule has 1 amide bonds. The quantitative estimate of drug-likeness (QED) is 0.773. The van der Waals surface area contributed by atoms with Crippen LogP contribution in [0.4, 0.5) is 0 Å². The fraction of sp³-hybridized carbons (Fsp3) is 0.143. The van der Waals surface area contributed by atoms with Gasteiger partial charge in [-0.3, -0.25) is 9.35 Å². The van der Waals surface area contributed by atoms with Gasteiger partial charge < -0.3 is 5.73 Å². The first-order valence-corrected chi connectivity index (χ1v) is 5.85. The Morgan fingerprint density at radius 2 is 2.06 bits per heavy atom. The molecule has 1 aromatic rings. The maximum atomic E-state index is 10.9. The van der Waals surface area contributed by atoms with E-state index in [4.69, 9.17) is 15.5 Å². The fourth-order valence-electron chi connectivity index (χ4n) is 1.10. The number of thiophene rings is 1. The van der Waals surface area contributed by atoms with Crippen molar-refractivity contribution in [1.29, 1.82) is 5.26 Å². The SMILES string of the molecule is Cc1sc(S(=O)(=O)O)c(C#N)c1C(N)=O.Cl. The third kappa shape index (κ3) is 2.51. The van der Waals surface area contributed by atoms with Crippen LogP contribution in [0.5, 0.6) is 0 Å². The number of nitriles is 1. The molecular weight excluding hydrogens is 276 g/mol.